The van der Waals surface area contributed by atoms with Gasteiger partial charge >= 0.3 is 17.9 Å². The number of β-lactam (4-membered cyclic amide) rings is 1. The van der Waals surface area contributed by atoms with E-state index in [1.54, 1.807) is 48.5 Å². The number of nitrogens with one attached hydrogen (secondary N) is 1. The molecule has 2 amide bonds. The van der Waals surface area contributed by atoms with Crippen molar-refractivity contribution in [3.63, 3.8) is 0 Å². The number of fused-ring (bicyclic) bond motifs is 1. The van der Waals surface area contributed by atoms with Crippen molar-refractivity contribution in [1.29, 1.82) is 0 Å². The molecule has 0 saturated carbocycles. The number of nitrogens with zero attached hydrogens (tertiary/aromatic N) is 7. The lowest BCUT2D eigenvalue weighted by Crippen LogP contribution is -2.71. The monoisotopic (exact) mass is 745 g/mol. The first kappa shape index (κ1) is 40.9. The van der Waals surface area contributed by atoms with E-state index < -0.39 is 57.8 Å². The summed E-state index contributed by atoms with van der Waals surface area (Å²) < 4.78 is 5.36. The van der Waals surface area contributed by atoms with Gasteiger partial charge in [-0.2, -0.15) is 4.80 Å². The van der Waals surface area contributed by atoms with E-state index in [-0.39, 0.29) is 46.9 Å². The lowest BCUT2D eigenvalue weighted by Gasteiger charge is -2.49. The number of carbonyl (C=O) groups is 5. The molecule has 0 bridgehead atoms. The summed E-state index contributed by atoms with van der Waals surface area (Å²) in [5.74, 6) is -3.55. The van der Waals surface area contributed by atoms with E-state index in [0.717, 1.165) is 16.2 Å². The molecule has 49 heavy (non-hydrogen) atoms. The number of aromatic nitrogens is 5. The average molecular weight is 746 g/mol. The summed E-state index contributed by atoms with van der Waals surface area (Å²) in [5, 5.41) is 37.3. The van der Waals surface area contributed by atoms with Gasteiger partial charge in [0.1, 0.15) is 28.4 Å². The number of halogens is 1. The first-order valence-corrected chi connectivity index (χ1v) is 16.3. The number of aliphatic carboxylic acids is 2. The van der Waals surface area contributed by atoms with Crippen molar-refractivity contribution < 1.29 is 43.8 Å². The highest BCUT2D eigenvalue weighted by Gasteiger charge is 2.54. The van der Waals surface area contributed by atoms with Crippen LogP contribution >= 0.6 is 35.5 Å². The molecule has 2 aromatic heterocycles. The molecule has 21 heteroatoms. The van der Waals surface area contributed by atoms with Gasteiger partial charge in [-0.25, -0.2) is 14.6 Å². The Morgan fingerprint density at radius 1 is 1.12 bits per heavy atom. The number of carboxylic acid groups (broad SMARTS) is 2. The number of carbonyl (C=O) groups excluding carboxylic acids is 3. The molecule has 2 atom stereocenters. The van der Waals surface area contributed by atoms with Crippen LogP contribution in [0.25, 0.3) is 0 Å². The third kappa shape index (κ3) is 10.3. The minimum Gasteiger partial charge on any atom is -0.481 e. The number of oxime groups is 1. The molecule has 2 aliphatic rings. The van der Waals surface area contributed by atoms with Crippen molar-refractivity contribution in [2.75, 3.05) is 11.5 Å². The van der Waals surface area contributed by atoms with E-state index in [1.807, 2.05) is 0 Å². The van der Waals surface area contributed by atoms with Crippen molar-refractivity contribution in [1.82, 2.24) is 35.4 Å². The fourth-order valence-electron chi connectivity index (χ4n) is 3.77. The van der Waals surface area contributed by atoms with Gasteiger partial charge in [0.25, 0.3) is 11.8 Å². The van der Waals surface area contributed by atoms with Crippen LogP contribution in [-0.4, -0.2) is 104 Å². The van der Waals surface area contributed by atoms with Gasteiger partial charge in [0.2, 0.25) is 5.60 Å². The third-order valence-corrected chi connectivity index (χ3v) is 8.31. The number of thiazole rings is 1. The Balaban J connectivity index is 0.000000940. The Morgan fingerprint density at radius 3 is 2.20 bits per heavy atom. The smallest absolute Gasteiger partial charge is 0.353 e. The lowest BCUT2D eigenvalue weighted by molar-refractivity contribution is -0.179. The molecule has 5 N–H and O–H groups in total. The summed E-state index contributed by atoms with van der Waals surface area (Å²) in [6.45, 7) is 14.6. The van der Waals surface area contributed by atoms with E-state index in [2.05, 4.69) is 30.9 Å². The quantitative estimate of drug-likeness (QED) is 0.124. The highest BCUT2D eigenvalue weighted by Crippen LogP contribution is 2.40. The Labute approximate surface area is 296 Å². The van der Waals surface area contributed by atoms with Crippen LogP contribution < -0.4 is 11.1 Å². The number of aryl methyl sites for hydroxylation is 1. The highest BCUT2D eigenvalue weighted by molar-refractivity contribution is 8.00. The zero-order valence-corrected chi connectivity index (χ0v) is 30.8. The molecule has 2 aliphatic heterocycles. The van der Waals surface area contributed by atoms with Crippen molar-refractivity contribution in [2.24, 2.45) is 10.6 Å². The molecule has 4 rings (SSSR count). The van der Waals surface area contributed by atoms with Crippen LogP contribution in [0.1, 0.15) is 66.9 Å². The van der Waals surface area contributed by atoms with Gasteiger partial charge in [-0.15, -0.1) is 45.7 Å². The first-order chi connectivity index (χ1) is 22.0. The van der Waals surface area contributed by atoms with Crippen LogP contribution in [0.2, 0.25) is 0 Å². The zero-order chi connectivity index (χ0) is 36.4. The van der Waals surface area contributed by atoms with E-state index in [0.29, 0.717) is 11.4 Å². The summed E-state index contributed by atoms with van der Waals surface area (Å²) in [4.78, 5) is 73.1. The highest BCUT2D eigenvalue weighted by atomic mass is 35.5. The largest absolute Gasteiger partial charge is 0.481 e. The average Bonchev–Trinajstić information content (AvgIpc) is 3.57. The van der Waals surface area contributed by atoms with Gasteiger partial charge in [0.15, 0.2) is 16.7 Å². The maximum atomic E-state index is 13.4. The van der Waals surface area contributed by atoms with E-state index in [9.17, 15) is 29.1 Å². The summed E-state index contributed by atoms with van der Waals surface area (Å²) >= 11 is 2.33. The number of nitrogen functional groups attached to an aromatic ring is 1. The molecule has 2 aromatic rings. The van der Waals surface area contributed by atoms with Crippen molar-refractivity contribution in [2.45, 2.75) is 91.5 Å². The van der Waals surface area contributed by atoms with E-state index in [1.165, 1.54) is 35.8 Å². The molecule has 0 aromatic carbocycles. The number of esters is 1. The summed E-state index contributed by atoms with van der Waals surface area (Å²) in [6, 6.07) is -1.06. The van der Waals surface area contributed by atoms with Crippen molar-refractivity contribution in [3.05, 3.63) is 28.2 Å². The second-order valence-corrected chi connectivity index (χ2v) is 15.1. The van der Waals surface area contributed by atoms with Gasteiger partial charge in [-0.3, -0.25) is 19.3 Å². The number of tetrazole rings is 1. The third-order valence-electron chi connectivity index (χ3n) is 6.30. The van der Waals surface area contributed by atoms with Crippen molar-refractivity contribution in [3.8, 4) is 0 Å². The molecular formula is C28H40ClN9O9S2. The Hall–Kier alpha value is -4.30. The van der Waals surface area contributed by atoms with Crippen LogP contribution in [0.4, 0.5) is 5.13 Å². The number of nitrogens with two attached hydrogens (primary N) is 1. The SMILES string of the molecule is CC(C)(C)C(=O)O.Cc1nnn(CC2=C(C(=O)O)N3C(=O)[C@@H](NC(=O)/C(=N\OC(C)(C)C(=O)OC(C)(C)C)c4csc(N)n4)[C@H]3SC2)n1.Cl. The molecule has 1 saturated heterocycles. The molecule has 270 valence electrons. The number of hydrogen-bond donors (Lipinski definition) is 4. The molecule has 0 radical (unpaired) electrons. The van der Waals surface area contributed by atoms with E-state index >= 15 is 0 Å². The number of hydrogen-bond acceptors (Lipinski definition) is 15. The maximum Gasteiger partial charge on any atom is 0.353 e. The number of thioether (sulfide) groups is 1. The van der Waals surface area contributed by atoms with Crippen LogP contribution in [0.15, 0.2) is 21.8 Å². The molecule has 0 spiro atoms. The van der Waals surface area contributed by atoms with Gasteiger partial charge < -0.3 is 30.8 Å². The van der Waals surface area contributed by atoms with Gasteiger partial charge in [0, 0.05) is 11.1 Å². The number of ether oxygens (including phenoxy) is 1. The summed E-state index contributed by atoms with van der Waals surface area (Å²) in [7, 11) is 0. The predicted molar refractivity (Wildman–Crippen MR) is 181 cm³/mol. The van der Waals surface area contributed by atoms with E-state index in [4.69, 9.17) is 20.4 Å². The van der Waals surface area contributed by atoms with Gasteiger partial charge in [-0.1, -0.05) is 5.16 Å². The number of anilines is 1. The van der Waals surface area contributed by atoms with Gasteiger partial charge in [0.05, 0.1) is 12.0 Å². The van der Waals surface area contributed by atoms with Crippen molar-refractivity contribution >= 4 is 76.1 Å². The number of carboxylic acids is 2. The Kier molecular flexibility index (Phi) is 12.9. The minimum absolute atomic E-state index is 0. The molecule has 4 heterocycles. The first-order valence-electron chi connectivity index (χ1n) is 14.4. The molecule has 0 aliphatic carbocycles. The second kappa shape index (κ2) is 15.5. The summed E-state index contributed by atoms with van der Waals surface area (Å²) in [5.41, 5.74) is 2.77. The molecule has 1 fully saturated rings. The fourth-order valence-corrected chi connectivity index (χ4v) is 5.66. The predicted octanol–water partition coefficient (Wildman–Crippen LogP) is 1.84. The normalized spacial score (nSPS) is 17.9. The second-order valence-electron chi connectivity index (χ2n) is 13.2. The van der Waals surface area contributed by atoms with Crippen LogP contribution in [0.3, 0.4) is 0 Å². The summed E-state index contributed by atoms with van der Waals surface area (Å²) in [6.07, 6.45) is 0. The molecule has 0 unspecified atom stereocenters. The fraction of sp³-hybridized carbons (Fsp3) is 0.571. The topological polar surface area (TPSA) is 254 Å². The Bertz CT molecular complexity index is 1660. The van der Waals surface area contributed by atoms with Crippen LogP contribution in [0, 0.1) is 12.3 Å². The lowest BCUT2D eigenvalue weighted by atomic mass is 9.98. The number of amides is 2. The molecule has 18 nitrogen and oxygen atoms in total. The molecular weight excluding hydrogens is 706 g/mol. The zero-order valence-electron chi connectivity index (χ0n) is 28.3. The van der Waals surface area contributed by atoms with Crippen LogP contribution in [0.5, 0.6) is 0 Å². The van der Waals surface area contributed by atoms with Crippen LogP contribution in [-0.2, 0) is 40.1 Å². The minimum atomic E-state index is -1.57. The maximum absolute atomic E-state index is 13.4. The number of rotatable bonds is 9. The van der Waals surface area contributed by atoms with Gasteiger partial charge in [-0.05, 0) is 73.1 Å². The standard InChI is InChI=1S/C23H29N9O7S2.C5H10O2.ClH/c1-10-27-30-31(28-10)7-11-8-40-18-14(17(34)32(18)15(11)19(35)36)26-16(33)13(12-9-41-21(24)25-12)29-39-23(5,6)20(37)38-22(2,3)4;1-5(2,3)4(6)7;/h9,14,18H,7-8H2,1-6H3,(H2,24,25)(H,26,33)(H,35,36);1-3H3,(H,6,7);1H/b29-13-;;/t14-,18-;;/m1../s1. The Morgan fingerprint density at radius 2 is 1.73 bits per heavy atom.